The molecule has 2 unspecified atom stereocenters. The van der Waals surface area contributed by atoms with Crippen molar-refractivity contribution in [3.63, 3.8) is 0 Å². The second kappa shape index (κ2) is 11.4. The van der Waals surface area contributed by atoms with Gasteiger partial charge in [0, 0.05) is 52.9 Å². The van der Waals surface area contributed by atoms with Crippen LogP contribution in [0, 0.1) is 5.41 Å². The molecule has 2 N–H and O–H groups in total. The molecule has 1 amide bonds. The number of hydrogen-bond acceptors (Lipinski definition) is 4. The zero-order valence-electron chi connectivity index (χ0n) is 17.6. The smallest absolute Gasteiger partial charge is 0.230 e. The highest BCUT2D eigenvalue weighted by Gasteiger charge is 2.42. The molecule has 1 saturated heterocycles. The summed E-state index contributed by atoms with van der Waals surface area (Å²) in [5.41, 5.74) is -0.286. The number of nitrogens with one attached hydrogen (secondary N) is 2. The van der Waals surface area contributed by atoms with Gasteiger partial charge in [-0.05, 0) is 26.7 Å². The van der Waals surface area contributed by atoms with Crippen molar-refractivity contribution >= 4 is 35.8 Å². The van der Waals surface area contributed by atoms with Crippen molar-refractivity contribution in [1.29, 1.82) is 0 Å². The molecule has 0 aromatic carbocycles. The molecule has 27 heavy (non-hydrogen) atoms. The van der Waals surface area contributed by atoms with E-state index in [1.165, 1.54) is 0 Å². The Morgan fingerprint density at radius 2 is 2.00 bits per heavy atom. The van der Waals surface area contributed by atoms with Gasteiger partial charge in [-0.3, -0.25) is 14.7 Å². The Bertz CT molecular complexity index is 494. The highest BCUT2D eigenvalue weighted by molar-refractivity contribution is 14.0. The van der Waals surface area contributed by atoms with Gasteiger partial charge in [-0.25, -0.2) is 0 Å². The minimum atomic E-state index is -0.286. The molecule has 1 aliphatic carbocycles. The first-order valence-corrected chi connectivity index (χ1v) is 9.89. The lowest BCUT2D eigenvalue weighted by Crippen LogP contribution is -2.54. The van der Waals surface area contributed by atoms with Gasteiger partial charge < -0.3 is 20.3 Å². The number of aliphatic imine (C=N–C) groups is 1. The van der Waals surface area contributed by atoms with Crippen LogP contribution >= 0.6 is 24.0 Å². The summed E-state index contributed by atoms with van der Waals surface area (Å²) in [7, 11) is 5.48. The molecule has 158 valence electrons. The molecule has 7 nitrogen and oxygen atoms in total. The van der Waals surface area contributed by atoms with Gasteiger partial charge in [-0.1, -0.05) is 12.8 Å². The number of guanidine groups is 1. The Morgan fingerprint density at radius 3 is 2.56 bits per heavy atom. The zero-order chi connectivity index (χ0) is 19.2. The summed E-state index contributed by atoms with van der Waals surface area (Å²) in [5.74, 6) is 1.00. The van der Waals surface area contributed by atoms with Crippen LogP contribution in [0.1, 0.15) is 39.5 Å². The molecule has 0 bridgehead atoms. The molecule has 0 spiro atoms. The van der Waals surface area contributed by atoms with Crippen molar-refractivity contribution in [1.82, 2.24) is 20.4 Å². The number of amides is 1. The van der Waals surface area contributed by atoms with E-state index < -0.39 is 0 Å². The van der Waals surface area contributed by atoms with Crippen LogP contribution in [-0.2, 0) is 9.53 Å². The maximum atomic E-state index is 12.7. The van der Waals surface area contributed by atoms with Crippen LogP contribution in [0.4, 0.5) is 0 Å². The van der Waals surface area contributed by atoms with Gasteiger partial charge >= 0.3 is 0 Å². The lowest BCUT2D eigenvalue weighted by Gasteiger charge is -2.38. The van der Waals surface area contributed by atoms with E-state index in [1.807, 2.05) is 14.1 Å². The molecule has 1 heterocycles. The molecule has 8 heteroatoms. The zero-order valence-corrected chi connectivity index (χ0v) is 19.9. The van der Waals surface area contributed by atoms with Crippen LogP contribution in [0.15, 0.2) is 4.99 Å². The summed E-state index contributed by atoms with van der Waals surface area (Å²) in [4.78, 5) is 21.2. The van der Waals surface area contributed by atoms with Gasteiger partial charge in [0.25, 0.3) is 0 Å². The predicted octanol–water partition coefficient (Wildman–Crippen LogP) is 1.53. The van der Waals surface area contributed by atoms with Crippen LogP contribution in [0.5, 0.6) is 0 Å². The molecule has 2 fully saturated rings. The van der Waals surface area contributed by atoms with Crippen molar-refractivity contribution in [3.8, 4) is 0 Å². The fourth-order valence-corrected chi connectivity index (χ4v) is 4.22. The van der Waals surface area contributed by atoms with E-state index in [1.54, 1.807) is 11.9 Å². The molecule has 2 aliphatic rings. The Morgan fingerprint density at radius 1 is 1.33 bits per heavy atom. The van der Waals surface area contributed by atoms with E-state index in [0.717, 1.165) is 57.9 Å². The molecule has 1 aliphatic heterocycles. The topological polar surface area (TPSA) is 69.2 Å². The number of ether oxygens (including phenoxy) is 1. The highest BCUT2D eigenvalue weighted by atomic mass is 127. The summed E-state index contributed by atoms with van der Waals surface area (Å²) in [6, 6.07) is 0.839. The average molecular weight is 495 g/mol. The molecular formula is C19H38IN5O2. The Balaban J connectivity index is 0.00000364. The largest absolute Gasteiger partial charge is 0.379 e. The lowest BCUT2D eigenvalue weighted by atomic mass is 9.84. The molecule has 0 aromatic rings. The van der Waals surface area contributed by atoms with Crippen LogP contribution < -0.4 is 10.6 Å². The molecular weight excluding hydrogens is 457 g/mol. The van der Waals surface area contributed by atoms with Crippen molar-refractivity contribution < 1.29 is 9.53 Å². The maximum absolute atomic E-state index is 12.7. The summed E-state index contributed by atoms with van der Waals surface area (Å²) >= 11 is 0. The van der Waals surface area contributed by atoms with Crippen molar-refractivity contribution in [2.75, 3.05) is 54.0 Å². The Labute approximate surface area is 181 Å². The first-order chi connectivity index (χ1) is 12.4. The van der Waals surface area contributed by atoms with E-state index >= 15 is 0 Å². The van der Waals surface area contributed by atoms with Crippen LogP contribution in [0.25, 0.3) is 0 Å². The summed E-state index contributed by atoms with van der Waals surface area (Å²) in [5, 5.41) is 6.83. The van der Waals surface area contributed by atoms with Crippen LogP contribution in [-0.4, -0.2) is 87.7 Å². The normalized spacial score (nSPS) is 24.0. The Hall–Kier alpha value is -0.610. The van der Waals surface area contributed by atoms with E-state index in [9.17, 15) is 4.79 Å². The van der Waals surface area contributed by atoms with E-state index in [0.29, 0.717) is 18.6 Å². The fourth-order valence-electron chi connectivity index (χ4n) is 4.22. The van der Waals surface area contributed by atoms with Gasteiger partial charge in [0.1, 0.15) is 0 Å². The van der Waals surface area contributed by atoms with Crippen LogP contribution in [0.3, 0.4) is 0 Å². The summed E-state index contributed by atoms with van der Waals surface area (Å²) in [6.07, 6.45) is 4.16. The first kappa shape index (κ1) is 24.4. The third-order valence-corrected chi connectivity index (χ3v) is 5.79. The standard InChI is InChI=1S/C19H37N5O2.HI/c1-15(24-10-11-26-13-16(24)2)12-21-18(20-3)22-14-19(8-6-7-9-19)17(25)23(4)5;/h15-16H,6-14H2,1-5H3,(H2,20,21,22);1H. The molecule has 0 radical (unpaired) electrons. The molecule has 0 aromatic heterocycles. The molecule has 2 atom stereocenters. The van der Waals surface area contributed by atoms with Crippen LogP contribution in [0.2, 0.25) is 0 Å². The fraction of sp³-hybridized carbons (Fsp3) is 0.895. The van der Waals surface area contributed by atoms with Gasteiger partial charge in [0.05, 0.1) is 18.6 Å². The third-order valence-electron chi connectivity index (χ3n) is 5.79. The monoisotopic (exact) mass is 495 g/mol. The quantitative estimate of drug-likeness (QED) is 0.333. The number of rotatable bonds is 6. The number of morpholine rings is 1. The number of carbonyl (C=O) groups is 1. The van der Waals surface area contributed by atoms with Gasteiger partial charge in [-0.2, -0.15) is 0 Å². The van der Waals surface area contributed by atoms with Crippen molar-refractivity contribution in [2.24, 2.45) is 10.4 Å². The molecule has 1 saturated carbocycles. The minimum Gasteiger partial charge on any atom is -0.379 e. The van der Waals surface area contributed by atoms with Crippen molar-refractivity contribution in [2.45, 2.75) is 51.6 Å². The number of halogens is 1. The van der Waals surface area contributed by atoms with Gasteiger partial charge in [0.15, 0.2) is 5.96 Å². The Kier molecular flexibility index (Phi) is 10.3. The van der Waals surface area contributed by atoms with Gasteiger partial charge in [-0.15, -0.1) is 24.0 Å². The van der Waals surface area contributed by atoms with Crippen molar-refractivity contribution in [3.05, 3.63) is 0 Å². The van der Waals surface area contributed by atoms with E-state index in [4.69, 9.17) is 4.74 Å². The summed E-state index contributed by atoms with van der Waals surface area (Å²) in [6.45, 7) is 8.47. The maximum Gasteiger partial charge on any atom is 0.230 e. The second-order valence-corrected chi connectivity index (χ2v) is 8.00. The van der Waals surface area contributed by atoms with E-state index in [-0.39, 0.29) is 35.3 Å². The SMILES string of the molecule is CN=C(NCC(C)N1CCOCC1C)NCC1(C(=O)N(C)C)CCCC1.I. The number of nitrogens with zero attached hydrogens (tertiary/aromatic N) is 3. The predicted molar refractivity (Wildman–Crippen MR) is 121 cm³/mol. The minimum absolute atomic E-state index is 0. The summed E-state index contributed by atoms with van der Waals surface area (Å²) < 4.78 is 5.52. The second-order valence-electron chi connectivity index (χ2n) is 8.00. The number of carbonyl (C=O) groups excluding carboxylic acids is 1. The van der Waals surface area contributed by atoms with Gasteiger partial charge in [0.2, 0.25) is 5.91 Å². The first-order valence-electron chi connectivity index (χ1n) is 9.89. The third kappa shape index (κ3) is 6.45. The molecule has 2 rings (SSSR count). The highest BCUT2D eigenvalue weighted by Crippen LogP contribution is 2.38. The number of hydrogen-bond donors (Lipinski definition) is 2. The average Bonchev–Trinajstić information content (AvgIpc) is 3.11. The lowest BCUT2D eigenvalue weighted by molar-refractivity contribution is -0.138. The van der Waals surface area contributed by atoms with E-state index in [2.05, 4.69) is 34.4 Å².